The number of fused-ring (bicyclic) bond motifs is 1. The van der Waals surface area contributed by atoms with Crippen LogP contribution >= 0.6 is 0 Å². The lowest BCUT2D eigenvalue weighted by molar-refractivity contribution is -0.152. The molecule has 0 saturated heterocycles. The summed E-state index contributed by atoms with van der Waals surface area (Å²) >= 11 is 0. The van der Waals surface area contributed by atoms with Crippen molar-refractivity contribution in [3.63, 3.8) is 0 Å². The van der Waals surface area contributed by atoms with E-state index in [9.17, 15) is 19.5 Å². The van der Waals surface area contributed by atoms with Crippen LogP contribution in [0.15, 0.2) is 6.33 Å². The molecule has 9 heteroatoms. The van der Waals surface area contributed by atoms with Gasteiger partial charge in [-0.3, -0.25) is 9.59 Å². The number of nitrogens with one attached hydrogen (secondary N) is 2. The average molecular weight is 323 g/mol. The molecule has 1 aromatic rings. The van der Waals surface area contributed by atoms with Crippen LogP contribution in [-0.4, -0.2) is 56.4 Å². The van der Waals surface area contributed by atoms with Gasteiger partial charge in [0.05, 0.1) is 30.3 Å². The van der Waals surface area contributed by atoms with E-state index in [1.165, 1.54) is 11.2 Å². The third-order valence-electron chi connectivity index (χ3n) is 3.84. The maximum Gasteiger partial charge on any atom is 0.326 e. The molecule has 2 amide bonds. The van der Waals surface area contributed by atoms with Gasteiger partial charge in [0.2, 0.25) is 11.8 Å². The third kappa shape index (κ3) is 3.86. The second kappa shape index (κ2) is 7.23. The smallest absolute Gasteiger partial charge is 0.326 e. The first-order valence-electron chi connectivity index (χ1n) is 7.50. The minimum Gasteiger partial charge on any atom is -0.480 e. The summed E-state index contributed by atoms with van der Waals surface area (Å²) < 4.78 is 0. The van der Waals surface area contributed by atoms with Crippen molar-refractivity contribution in [2.45, 2.75) is 44.8 Å². The first-order chi connectivity index (χ1) is 10.9. The number of rotatable bonds is 6. The number of aromatic nitrogens is 2. The van der Waals surface area contributed by atoms with Crippen LogP contribution < -0.4 is 11.1 Å². The molecule has 9 nitrogen and oxygen atoms in total. The largest absolute Gasteiger partial charge is 0.480 e. The summed E-state index contributed by atoms with van der Waals surface area (Å²) in [6.07, 6.45) is 1.92. The molecule has 0 aromatic carbocycles. The van der Waals surface area contributed by atoms with Crippen molar-refractivity contribution < 1.29 is 19.5 Å². The monoisotopic (exact) mass is 323 g/mol. The van der Waals surface area contributed by atoms with Crippen LogP contribution in [0.5, 0.6) is 0 Å². The molecular weight excluding hydrogens is 302 g/mol. The van der Waals surface area contributed by atoms with Crippen LogP contribution in [0.4, 0.5) is 0 Å². The zero-order valence-electron chi connectivity index (χ0n) is 12.9. The van der Waals surface area contributed by atoms with E-state index in [0.29, 0.717) is 17.9 Å². The minimum atomic E-state index is -1.09. The molecule has 0 aliphatic carbocycles. The number of nitrogens with zero attached hydrogens (tertiary/aromatic N) is 2. The number of carboxylic acid groups (broad SMARTS) is 1. The first kappa shape index (κ1) is 16.9. The Bertz CT molecular complexity index is 600. The Labute approximate surface area is 133 Å². The quantitative estimate of drug-likeness (QED) is 0.528. The second-order valence-electron chi connectivity index (χ2n) is 5.45. The molecule has 5 N–H and O–H groups in total. The molecule has 1 aliphatic rings. The molecule has 0 bridgehead atoms. The molecule has 2 rings (SSSR count). The van der Waals surface area contributed by atoms with E-state index in [0.717, 1.165) is 0 Å². The maximum atomic E-state index is 12.5. The van der Waals surface area contributed by atoms with Crippen molar-refractivity contribution in [2.75, 3.05) is 6.54 Å². The topological polar surface area (TPSA) is 141 Å². The molecule has 126 valence electrons. The summed E-state index contributed by atoms with van der Waals surface area (Å²) in [7, 11) is 0. The number of carbonyl (C=O) groups excluding carboxylic acids is 2. The highest BCUT2D eigenvalue weighted by molar-refractivity contribution is 5.88. The van der Waals surface area contributed by atoms with Crippen molar-refractivity contribution in [3.8, 4) is 0 Å². The van der Waals surface area contributed by atoms with Crippen LogP contribution in [0.25, 0.3) is 0 Å². The first-order valence-corrected chi connectivity index (χ1v) is 7.50. The van der Waals surface area contributed by atoms with E-state index < -0.39 is 24.0 Å². The predicted molar refractivity (Wildman–Crippen MR) is 80.2 cm³/mol. The van der Waals surface area contributed by atoms with E-state index in [1.807, 2.05) is 0 Å². The fraction of sp³-hybridized carbons (Fsp3) is 0.571. The fourth-order valence-corrected chi connectivity index (χ4v) is 2.60. The van der Waals surface area contributed by atoms with Crippen LogP contribution in [0.3, 0.4) is 0 Å². The van der Waals surface area contributed by atoms with Gasteiger partial charge in [-0.2, -0.15) is 0 Å². The van der Waals surface area contributed by atoms with Crippen molar-refractivity contribution in [3.05, 3.63) is 17.7 Å². The Balaban J connectivity index is 2.04. The molecule has 0 saturated carbocycles. The van der Waals surface area contributed by atoms with Crippen molar-refractivity contribution >= 4 is 17.8 Å². The number of imidazole rings is 1. The zero-order valence-corrected chi connectivity index (χ0v) is 12.9. The number of aromatic amines is 1. The maximum absolute atomic E-state index is 12.5. The molecule has 1 aliphatic heterocycles. The molecule has 0 radical (unpaired) electrons. The van der Waals surface area contributed by atoms with Crippen LogP contribution in [0.2, 0.25) is 0 Å². The standard InChI is InChI=1S/C14H21N5O4/c1-2-16-12(20)4-3-8(15)13(21)19-6-10-9(17-7-18-10)5-11(19)14(22)23/h7-8,11H,2-6,15H2,1H3,(H,16,20)(H,17,18)(H,22,23)/t8?,11-/m0/s1. The van der Waals surface area contributed by atoms with Crippen LogP contribution in [-0.2, 0) is 27.3 Å². The van der Waals surface area contributed by atoms with E-state index >= 15 is 0 Å². The van der Waals surface area contributed by atoms with Gasteiger partial charge in [0, 0.05) is 19.4 Å². The number of hydrogen-bond acceptors (Lipinski definition) is 5. The summed E-state index contributed by atoms with van der Waals surface area (Å²) in [5.74, 6) is -1.75. The third-order valence-corrected chi connectivity index (χ3v) is 3.84. The lowest BCUT2D eigenvalue weighted by Gasteiger charge is -2.34. The highest BCUT2D eigenvalue weighted by atomic mass is 16.4. The summed E-state index contributed by atoms with van der Waals surface area (Å²) in [4.78, 5) is 43.6. The normalized spacial score (nSPS) is 18.2. The van der Waals surface area contributed by atoms with Gasteiger partial charge in [-0.25, -0.2) is 9.78 Å². The van der Waals surface area contributed by atoms with E-state index in [-0.39, 0.29) is 31.7 Å². The van der Waals surface area contributed by atoms with Gasteiger partial charge in [-0.1, -0.05) is 0 Å². The van der Waals surface area contributed by atoms with Crippen LogP contribution in [0.1, 0.15) is 31.2 Å². The SMILES string of the molecule is CCNC(=O)CCC(N)C(=O)N1Cc2[nH]cnc2C[C@H]1C(=O)O. The summed E-state index contributed by atoms with van der Waals surface area (Å²) in [5.41, 5.74) is 7.23. The highest BCUT2D eigenvalue weighted by Crippen LogP contribution is 2.22. The number of amides is 2. The molecule has 0 spiro atoms. The van der Waals surface area contributed by atoms with Gasteiger partial charge >= 0.3 is 5.97 Å². The van der Waals surface area contributed by atoms with Crippen LogP contribution in [0, 0.1) is 0 Å². The lowest BCUT2D eigenvalue weighted by Crippen LogP contribution is -2.54. The molecule has 2 atom stereocenters. The molecular formula is C14H21N5O4. The summed E-state index contributed by atoms with van der Waals surface area (Å²) in [5, 5.41) is 12.0. The number of carbonyl (C=O) groups is 3. The lowest BCUT2D eigenvalue weighted by atomic mass is 10.0. The van der Waals surface area contributed by atoms with E-state index in [1.54, 1.807) is 6.92 Å². The van der Waals surface area contributed by atoms with Crippen molar-refractivity contribution in [1.29, 1.82) is 0 Å². The number of carboxylic acids is 1. The number of nitrogens with two attached hydrogens (primary N) is 1. The van der Waals surface area contributed by atoms with E-state index in [4.69, 9.17) is 5.73 Å². The van der Waals surface area contributed by atoms with Gasteiger partial charge in [0.25, 0.3) is 0 Å². The fourth-order valence-electron chi connectivity index (χ4n) is 2.60. The van der Waals surface area contributed by atoms with Gasteiger partial charge in [0.15, 0.2) is 0 Å². The van der Waals surface area contributed by atoms with Crippen molar-refractivity contribution in [1.82, 2.24) is 20.2 Å². The molecule has 1 unspecified atom stereocenters. The molecule has 0 fully saturated rings. The second-order valence-corrected chi connectivity index (χ2v) is 5.45. The Morgan fingerprint density at radius 2 is 2.30 bits per heavy atom. The number of aliphatic carboxylic acids is 1. The molecule has 23 heavy (non-hydrogen) atoms. The predicted octanol–water partition coefficient (Wildman–Crippen LogP) is -1.01. The average Bonchev–Trinajstić information content (AvgIpc) is 2.98. The minimum absolute atomic E-state index is 0.125. The van der Waals surface area contributed by atoms with Crippen molar-refractivity contribution in [2.24, 2.45) is 5.73 Å². The Kier molecular flexibility index (Phi) is 5.32. The van der Waals surface area contributed by atoms with E-state index in [2.05, 4.69) is 15.3 Å². The summed E-state index contributed by atoms with van der Waals surface area (Å²) in [6, 6.07) is -1.90. The Morgan fingerprint density at radius 1 is 1.57 bits per heavy atom. The van der Waals surface area contributed by atoms with Gasteiger partial charge in [0.1, 0.15) is 6.04 Å². The number of hydrogen-bond donors (Lipinski definition) is 4. The van der Waals surface area contributed by atoms with Gasteiger partial charge < -0.3 is 26.0 Å². The highest BCUT2D eigenvalue weighted by Gasteiger charge is 2.37. The van der Waals surface area contributed by atoms with Gasteiger partial charge in [-0.15, -0.1) is 0 Å². The molecule has 1 aromatic heterocycles. The Hall–Kier alpha value is -2.42. The van der Waals surface area contributed by atoms with Gasteiger partial charge in [-0.05, 0) is 13.3 Å². The molecule has 2 heterocycles. The summed E-state index contributed by atoms with van der Waals surface area (Å²) in [6.45, 7) is 2.44. The number of H-pyrrole nitrogens is 1. The zero-order chi connectivity index (χ0) is 17.0. The Morgan fingerprint density at radius 3 is 2.96 bits per heavy atom.